The molecule has 0 bridgehead atoms. The lowest BCUT2D eigenvalue weighted by Crippen LogP contribution is -2.63. The van der Waals surface area contributed by atoms with Crippen molar-refractivity contribution in [2.45, 2.75) is 50.8 Å². The average Bonchev–Trinajstić information content (AvgIpc) is 2.64. The van der Waals surface area contributed by atoms with Gasteiger partial charge in [0.05, 0.1) is 6.10 Å². The highest BCUT2D eigenvalue weighted by molar-refractivity contribution is 5.28. The molecule has 2 N–H and O–H groups in total. The fraction of sp³-hybridized carbons (Fsp3) is 0.647. The summed E-state index contributed by atoms with van der Waals surface area (Å²) < 4.78 is 5.74. The standard InChI is InChI=1S/C17H26N2O/c1-2-20-16-10-17(11-16,13-18)19-9-5-8-14-6-3-4-7-15(14)12-19/h3-4,6-7,16H,2,5,8-13,18H2,1H3. The number of rotatable bonds is 4. The van der Waals surface area contributed by atoms with Gasteiger partial charge in [-0.05, 0) is 50.3 Å². The maximum Gasteiger partial charge on any atom is 0.0611 e. The zero-order valence-corrected chi connectivity index (χ0v) is 12.5. The third-order valence-electron chi connectivity index (χ3n) is 5.02. The molecule has 0 amide bonds. The van der Waals surface area contributed by atoms with E-state index in [2.05, 4.69) is 36.1 Å². The summed E-state index contributed by atoms with van der Waals surface area (Å²) in [4.78, 5) is 2.62. The molecule has 0 radical (unpaired) electrons. The summed E-state index contributed by atoms with van der Waals surface area (Å²) >= 11 is 0. The van der Waals surface area contributed by atoms with Gasteiger partial charge in [-0.1, -0.05) is 24.3 Å². The Kier molecular flexibility index (Phi) is 4.11. The molecule has 0 saturated heterocycles. The minimum Gasteiger partial charge on any atom is -0.378 e. The second-order valence-electron chi connectivity index (χ2n) is 6.21. The molecule has 1 heterocycles. The van der Waals surface area contributed by atoms with Gasteiger partial charge in [-0.2, -0.15) is 0 Å². The van der Waals surface area contributed by atoms with Gasteiger partial charge in [0.1, 0.15) is 0 Å². The lowest BCUT2D eigenvalue weighted by Gasteiger charge is -2.53. The fourth-order valence-corrected chi connectivity index (χ4v) is 3.80. The van der Waals surface area contributed by atoms with Gasteiger partial charge in [0.25, 0.3) is 0 Å². The summed E-state index contributed by atoms with van der Waals surface area (Å²) in [5.74, 6) is 0. The Morgan fingerprint density at radius 3 is 2.75 bits per heavy atom. The number of hydrogen-bond acceptors (Lipinski definition) is 3. The molecule has 3 nitrogen and oxygen atoms in total. The number of ether oxygens (including phenoxy) is 1. The smallest absolute Gasteiger partial charge is 0.0611 e. The van der Waals surface area contributed by atoms with Crippen molar-refractivity contribution in [2.24, 2.45) is 5.73 Å². The second kappa shape index (κ2) is 5.84. The van der Waals surface area contributed by atoms with Crippen molar-refractivity contribution in [1.29, 1.82) is 0 Å². The molecule has 3 rings (SSSR count). The molecule has 0 unspecified atom stereocenters. The van der Waals surface area contributed by atoms with E-state index < -0.39 is 0 Å². The molecule has 1 aliphatic carbocycles. The van der Waals surface area contributed by atoms with Crippen molar-refractivity contribution in [3.8, 4) is 0 Å². The van der Waals surface area contributed by atoms with Crippen LogP contribution in [0.5, 0.6) is 0 Å². The molecule has 3 heteroatoms. The SMILES string of the molecule is CCOC1CC(CN)(N2CCCc3ccccc3C2)C1. The quantitative estimate of drug-likeness (QED) is 0.916. The van der Waals surface area contributed by atoms with E-state index in [4.69, 9.17) is 10.5 Å². The summed E-state index contributed by atoms with van der Waals surface area (Å²) in [5.41, 5.74) is 9.31. The summed E-state index contributed by atoms with van der Waals surface area (Å²) in [6, 6.07) is 8.86. The highest BCUT2D eigenvalue weighted by Gasteiger charge is 2.48. The van der Waals surface area contributed by atoms with Crippen molar-refractivity contribution in [2.75, 3.05) is 19.7 Å². The summed E-state index contributed by atoms with van der Waals surface area (Å²) in [6.07, 6.45) is 5.04. The number of hydrogen-bond donors (Lipinski definition) is 1. The van der Waals surface area contributed by atoms with Crippen molar-refractivity contribution in [1.82, 2.24) is 4.90 Å². The van der Waals surface area contributed by atoms with Crippen LogP contribution in [0.1, 0.15) is 37.3 Å². The van der Waals surface area contributed by atoms with E-state index in [1.54, 1.807) is 0 Å². The minimum atomic E-state index is 0.178. The largest absolute Gasteiger partial charge is 0.378 e. The number of nitrogens with two attached hydrogens (primary N) is 1. The summed E-state index contributed by atoms with van der Waals surface area (Å²) in [6.45, 7) is 5.84. The van der Waals surface area contributed by atoms with E-state index in [9.17, 15) is 0 Å². The predicted molar refractivity (Wildman–Crippen MR) is 81.6 cm³/mol. The Balaban J connectivity index is 1.74. The van der Waals surface area contributed by atoms with Gasteiger partial charge in [-0.25, -0.2) is 0 Å². The van der Waals surface area contributed by atoms with Gasteiger partial charge in [-0.15, -0.1) is 0 Å². The average molecular weight is 274 g/mol. The highest BCUT2D eigenvalue weighted by Crippen LogP contribution is 2.41. The number of fused-ring (bicyclic) bond motifs is 1. The van der Waals surface area contributed by atoms with Crippen LogP contribution in [0, 0.1) is 0 Å². The van der Waals surface area contributed by atoms with E-state index in [1.165, 1.54) is 24.0 Å². The second-order valence-corrected chi connectivity index (χ2v) is 6.21. The molecule has 0 spiro atoms. The van der Waals surface area contributed by atoms with E-state index in [1.807, 2.05) is 0 Å². The van der Waals surface area contributed by atoms with Crippen LogP contribution in [-0.4, -0.2) is 36.2 Å². The molecule has 1 fully saturated rings. The normalized spacial score (nSPS) is 30.4. The third-order valence-corrected chi connectivity index (χ3v) is 5.02. The lowest BCUT2D eigenvalue weighted by atomic mass is 9.72. The van der Waals surface area contributed by atoms with Crippen LogP contribution in [0.15, 0.2) is 24.3 Å². The van der Waals surface area contributed by atoms with Crippen LogP contribution in [0.4, 0.5) is 0 Å². The lowest BCUT2D eigenvalue weighted by molar-refractivity contribution is -0.103. The Morgan fingerprint density at radius 1 is 1.30 bits per heavy atom. The van der Waals surface area contributed by atoms with Crippen LogP contribution in [-0.2, 0) is 17.7 Å². The van der Waals surface area contributed by atoms with E-state index in [-0.39, 0.29) is 5.54 Å². The van der Waals surface area contributed by atoms with Crippen molar-refractivity contribution < 1.29 is 4.74 Å². The molecule has 1 saturated carbocycles. The molecule has 0 aromatic heterocycles. The highest BCUT2D eigenvalue weighted by atomic mass is 16.5. The Hall–Kier alpha value is -0.900. The maximum absolute atomic E-state index is 6.13. The fourth-order valence-electron chi connectivity index (χ4n) is 3.80. The van der Waals surface area contributed by atoms with E-state index >= 15 is 0 Å². The molecular formula is C17H26N2O. The van der Waals surface area contributed by atoms with Crippen LogP contribution in [0.2, 0.25) is 0 Å². The van der Waals surface area contributed by atoms with Gasteiger partial charge in [0.15, 0.2) is 0 Å². The molecule has 1 aromatic carbocycles. The first-order valence-corrected chi connectivity index (χ1v) is 7.91. The van der Waals surface area contributed by atoms with Gasteiger partial charge in [0, 0.05) is 25.2 Å². The predicted octanol–water partition coefficient (Wildman–Crippen LogP) is 2.33. The molecule has 2 aliphatic rings. The molecule has 1 aliphatic heterocycles. The minimum absolute atomic E-state index is 0.178. The van der Waals surface area contributed by atoms with Gasteiger partial charge >= 0.3 is 0 Å². The first-order chi connectivity index (χ1) is 9.77. The van der Waals surface area contributed by atoms with Crippen molar-refractivity contribution in [3.63, 3.8) is 0 Å². The topological polar surface area (TPSA) is 38.5 Å². The van der Waals surface area contributed by atoms with Crippen LogP contribution < -0.4 is 5.73 Å². The monoisotopic (exact) mass is 274 g/mol. The number of benzene rings is 1. The third kappa shape index (κ3) is 2.50. The maximum atomic E-state index is 6.13. The molecule has 20 heavy (non-hydrogen) atoms. The van der Waals surface area contributed by atoms with Crippen LogP contribution in [0.25, 0.3) is 0 Å². The first-order valence-electron chi connectivity index (χ1n) is 7.91. The molecule has 0 atom stereocenters. The Labute approximate surface area is 122 Å². The molecule has 110 valence electrons. The molecular weight excluding hydrogens is 248 g/mol. The first kappa shape index (κ1) is 14.1. The summed E-state index contributed by atoms with van der Waals surface area (Å²) in [5, 5.41) is 0. The van der Waals surface area contributed by atoms with Crippen LogP contribution in [0.3, 0.4) is 0 Å². The van der Waals surface area contributed by atoms with Crippen LogP contribution >= 0.6 is 0 Å². The van der Waals surface area contributed by atoms with Gasteiger partial charge in [0.2, 0.25) is 0 Å². The van der Waals surface area contributed by atoms with Gasteiger partial charge < -0.3 is 10.5 Å². The van der Waals surface area contributed by atoms with Crippen molar-refractivity contribution >= 4 is 0 Å². The zero-order valence-electron chi connectivity index (χ0n) is 12.5. The Morgan fingerprint density at radius 2 is 2.05 bits per heavy atom. The van der Waals surface area contributed by atoms with E-state index in [0.717, 1.165) is 39.1 Å². The van der Waals surface area contributed by atoms with Crippen molar-refractivity contribution in [3.05, 3.63) is 35.4 Å². The zero-order chi connectivity index (χ0) is 14.0. The number of aryl methyl sites for hydroxylation is 1. The Bertz CT molecular complexity index is 454. The van der Waals surface area contributed by atoms with E-state index in [0.29, 0.717) is 6.10 Å². The number of nitrogens with zero attached hydrogens (tertiary/aromatic N) is 1. The molecule has 1 aromatic rings. The van der Waals surface area contributed by atoms with Gasteiger partial charge in [-0.3, -0.25) is 4.90 Å². The summed E-state index contributed by atoms with van der Waals surface area (Å²) in [7, 11) is 0.